The summed E-state index contributed by atoms with van der Waals surface area (Å²) in [4.78, 5) is 8.34. The third-order valence-electron chi connectivity index (χ3n) is 3.15. The van der Waals surface area contributed by atoms with E-state index in [1.165, 1.54) is 4.88 Å². The molecule has 0 atom stereocenters. The summed E-state index contributed by atoms with van der Waals surface area (Å²) in [6.07, 6.45) is 0. The lowest BCUT2D eigenvalue weighted by Gasteiger charge is -2.25. The maximum Gasteiger partial charge on any atom is 0.191 e. The van der Waals surface area contributed by atoms with Crippen LogP contribution in [0.5, 0.6) is 0 Å². The molecule has 1 aromatic heterocycles. The summed E-state index contributed by atoms with van der Waals surface area (Å²) in [7, 11) is 0. The van der Waals surface area contributed by atoms with Gasteiger partial charge >= 0.3 is 0 Å². The van der Waals surface area contributed by atoms with Gasteiger partial charge < -0.3 is 10.6 Å². The molecule has 0 aliphatic carbocycles. The Hall–Kier alpha value is -1.07. The molecule has 20 heavy (non-hydrogen) atoms. The predicted octanol–water partition coefficient (Wildman–Crippen LogP) is 2.53. The highest BCUT2D eigenvalue weighted by atomic mass is 32.1. The van der Waals surface area contributed by atoms with Crippen LogP contribution in [0.3, 0.4) is 0 Å². The minimum absolute atomic E-state index is 0.590. The second-order valence-electron chi connectivity index (χ2n) is 4.92. The van der Waals surface area contributed by atoms with Gasteiger partial charge in [0, 0.05) is 30.6 Å². The van der Waals surface area contributed by atoms with Crippen molar-refractivity contribution in [2.24, 2.45) is 4.99 Å². The summed E-state index contributed by atoms with van der Waals surface area (Å²) in [5.74, 6) is 0.903. The fraction of sp³-hybridized carbons (Fsp3) is 0.667. The van der Waals surface area contributed by atoms with Crippen LogP contribution < -0.4 is 10.6 Å². The molecule has 2 N–H and O–H groups in total. The number of rotatable bonds is 8. The van der Waals surface area contributed by atoms with Crippen LogP contribution in [0.1, 0.15) is 32.6 Å². The van der Waals surface area contributed by atoms with Crippen molar-refractivity contribution >= 4 is 17.3 Å². The van der Waals surface area contributed by atoms with Gasteiger partial charge in [-0.25, -0.2) is 4.99 Å². The average molecular weight is 296 g/mol. The van der Waals surface area contributed by atoms with Crippen molar-refractivity contribution in [2.75, 3.05) is 26.2 Å². The Bertz CT molecular complexity index is 373. The van der Waals surface area contributed by atoms with Gasteiger partial charge in [0.1, 0.15) is 0 Å². The molecule has 1 rings (SSSR count). The molecule has 0 spiro atoms. The van der Waals surface area contributed by atoms with E-state index in [9.17, 15) is 0 Å². The Morgan fingerprint density at radius 3 is 2.70 bits per heavy atom. The molecule has 0 saturated heterocycles. The van der Waals surface area contributed by atoms with Gasteiger partial charge in [-0.15, -0.1) is 11.3 Å². The first kappa shape index (κ1) is 17.0. The zero-order valence-corrected chi connectivity index (χ0v) is 14.0. The second kappa shape index (κ2) is 9.77. The van der Waals surface area contributed by atoms with E-state index in [1.54, 1.807) is 11.3 Å². The van der Waals surface area contributed by atoms with Crippen LogP contribution in [-0.4, -0.2) is 43.1 Å². The van der Waals surface area contributed by atoms with Crippen LogP contribution in [0.4, 0.5) is 0 Å². The molecule has 0 aliphatic heterocycles. The molecule has 0 fully saturated rings. The third-order valence-corrected chi connectivity index (χ3v) is 4.01. The van der Waals surface area contributed by atoms with Gasteiger partial charge in [0.05, 0.1) is 6.54 Å². The van der Waals surface area contributed by atoms with Gasteiger partial charge in [-0.05, 0) is 38.8 Å². The SMILES string of the molecule is CCNC(=NCc1cccs1)NCCN(CC)C(C)C. The fourth-order valence-corrected chi connectivity index (χ4v) is 2.63. The second-order valence-corrected chi connectivity index (χ2v) is 5.96. The lowest BCUT2D eigenvalue weighted by molar-refractivity contribution is 0.237. The number of hydrogen-bond donors (Lipinski definition) is 2. The van der Waals surface area contributed by atoms with Crippen LogP contribution in [0, 0.1) is 0 Å². The van der Waals surface area contributed by atoms with E-state index in [4.69, 9.17) is 0 Å². The fourth-order valence-electron chi connectivity index (χ4n) is 2.00. The van der Waals surface area contributed by atoms with Crippen LogP contribution in [0.2, 0.25) is 0 Å². The highest BCUT2D eigenvalue weighted by Gasteiger charge is 2.06. The highest BCUT2D eigenvalue weighted by Crippen LogP contribution is 2.09. The van der Waals surface area contributed by atoms with Crippen molar-refractivity contribution in [3.8, 4) is 0 Å². The van der Waals surface area contributed by atoms with Crippen molar-refractivity contribution in [1.29, 1.82) is 0 Å². The molecule has 4 nitrogen and oxygen atoms in total. The quantitative estimate of drug-likeness (QED) is 0.572. The predicted molar refractivity (Wildman–Crippen MR) is 89.5 cm³/mol. The average Bonchev–Trinajstić information content (AvgIpc) is 2.93. The van der Waals surface area contributed by atoms with Crippen molar-refractivity contribution in [3.05, 3.63) is 22.4 Å². The van der Waals surface area contributed by atoms with Crippen molar-refractivity contribution < 1.29 is 0 Å². The van der Waals surface area contributed by atoms with E-state index in [2.05, 4.69) is 65.7 Å². The van der Waals surface area contributed by atoms with Crippen molar-refractivity contribution in [3.63, 3.8) is 0 Å². The van der Waals surface area contributed by atoms with Gasteiger partial charge in [0.15, 0.2) is 5.96 Å². The first-order valence-corrected chi connectivity index (χ1v) is 8.33. The Kier molecular flexibility index (Phi) is 8.30. The number of likely N-dealkylation sites (N-methyl/N-ethyl adjacent to an activating group) is 1. The van der Waals surface area contributed by atoms with Gasteiger partial charge in [-0.3, -0.25) is 4.90 Å². The van der Waals surface area contributed by atoms with Crippen LogP contribution in [0.15, 0.2) is 22.5 Å². The topological polar surface area (TPSA) is 39.7 Å². The summed E-state index contributed by atoms with van der Waals surface area (Å²) in [5.41, 5.74) is 0. The Morgan fingerprint density at radius 1 is 1.35 bits per heavy atom. The molecule has 1 heterocycles. The standard InChI is InChI=1S/C15H28N4S/c1-5-16-15(18-12-14-8-7-11-20-14)17-9-10-19(6-2)13(3)4/h7-8,11,13H,5-6,9-10,12H2,1-4H3,(H2,16,17,18). The molecule has 0 aromatic carbocycles. The van der Waals surface area contributed by atoms with Crippen molar-refractivity contribution in [2.45, 2.75) is 40.3 Å². The van der Waals surface area contributed by atoms with E-state index in [-0.39, 0.29) is 0 Å². The van der Waals surface area contributed by atoms with Crippen LogP contribution in [-0.2, 0) is 6.54 Å². The van der Waals surface area contributed by atoms with Gasteiger partial charge in [0.2, 0.25) is 0 Å². The maximum absolute atomic E-state index is 4.61. The largest absolute Gasteiger partial charge is 0.357 e. The molecule has 0 aliphatic rings. The highest BCUT2D eigenvalue weighted by molar-refractivity contribution is 7.09. The molecule has 0 unspecified atom stereocenters. The minimum atomic E-state index is 0.590. The smallest absolute Gasteiger partial charge is 0.191 e. The molecule has 0 bridgehead atoms. The van der Waals surface area contributed by atoms with Crippen molar-refractivity contribution in [1.82, 2.24) is 15.5 Å². The number of aliphatic imine (C=N–C) groups is 1. The Morgan fingerprint density at radius 2 is 2.15 bits per heavy atom. The summed E-state index contributed by atoms with van der Waals surface area (Å²) in [5, 5.41) is 8.79. The molecule has 0 saturated carbocycles. The molecular weight excluding hydrogens is 268 g/mol. The van der Waals surface area contributed by atoms with Crippen LogP contribution >= 0.6 is 11.3 Å². The Labute approximate surface area is 127 Å². The first-order valence-electron chi connectivity index (χ1n) is 7.46. The summed E-state index contributed by atoms with van der Waals surface area (Å²) < 4.78 is 0. The van der Waals surface area contributed by atoms with Gasteiger partial charge in [-0.1, -0.05) is 13.0 Å². The lowest BCUT2D eigenvalue weighted by Crippen LogP contribution is -2.43. The molecule has 0 radical (unpaired) electrons. The molecular formula is C15H28N4S. The zero-order chi connectivity index (χ0) is 14.8. The van der Waals surface area contributed by atoms with E-state index < -0.39 is 0 Å². The molecule has 0 amide bonds. The first-order chi connectivity index (χ1) is 9.67. The number of nitrogens with zero attached hydrogens (tertiary/aromatic N) is 2. The van der Waals surface area contributed by atoms with E-state index in [0.29, 0.717) is 6.04 Å². The van der Waals surface area contributed by atoms with Crippen LogP contribution in [0.25, 0.3) is 0 Å². The normalized spacial score (nSPS) is 12.2. The van der Waals surface area contributed by atoms with E-state index >= 15 is 0 Å². The summed E-state index contributed by atoms with van der Waals surface area (Å²) in [6.45, 7) is 13.4. The number of nitrogens with one attached hydrogen (secondary N) is 2. The monoisotopic (exact) mass is 296 g/mol. The molecule has 114 valence electrons. The number of guanidine groups is 1. The van der Waals surface area contributed by atoms with Gasteiger partial charge in [0.25, 0.3) is 0 Å². The zero-order valence-electron chi connectivity index (χ0n) is 13.1. The number of hydrogen-bond acceptors (Lipinski definition) is 3. The van der Waals surface area contributed by atoms with E-state index in [0.717, 1.165) is 38.7 Å². The summed E-state index contributed by atoms with van der Waals surface area (Å²) >= 11 is 1.75. The molecule has 5 heteroatoms. The lowest BCUT2D eigenvalue weighted by atomic mass is 10.3. The minimum Gasteiger partial charge on any atom is -0.357 e. The Balaban J connectivity index is 2.40. The molecule has 1 aromatic rings. The van der Waals surface area contributed by atoms with Gasteiger partial charge in [-0.2, -0.15) is 0 Å². The third kappa shape index (κ3) is 6.39. The summed E-state index contributed by atoms with van der Waals surface area (Å²) in [6, 6.07) is 4.78. The number of thiophene rings is 1. The maximum atomic E-state index is 4.61. The van der Waals surface area contributed by atoms with E-state index in [1.807, 2.05) is 0 Å².